The molecule has 1 saturated heterocycles. The number of hydrogen-bond acceptors (Lipinski definition) is 4. The first-order valence-electron chi connectivity index (χ1n) is 9.53. The normalized spacial score (nSPS) is 17.1. The Hall–Kier alpha value is -1.86. The number of carbonyl (C=O) groups excluding carboxylic acids is 2. The Labute approximate surface area is 170 Å². The number of carbonyl (C=O) groups is 2. The third kappa shape index (κ3) is 6.34. The minimum absolute atomic E-state index is 0.194. The summed E-state index contributed by atoms with van der Waals surface area (Å²) in [5, 5.41) is 5.65. The van der Waals surface area contributed by atoms with Gasteiger partial charge in [-0.05, 0) is 65.8 Å². The van der Waals surface area contributed by atoms with E-state index in [4.69, 9.17) is 16.3 Å². The average molecular weight is 414 g/mol. The van der Waals surface area contributed by atoms with Crippen LogP contribution in [0.15, 0.2) is 18.2 Å². The van der Waals surface area contributed by atoms with Gasteiger partial charge in [0.25, 0.3) is 0 Å². The van der Waals surface area contributed by atoms with Crippen LogP contribution in [-0.2, 0) is 9.53 Å². The van der Waals surface area contributed by atoms with E-state index in [1.807, 2.05) is 0 Å². The fraction of sp³-hybridized carbons (Fsp3) is 0.600. The second-order valence-corrected chi connectivity index (χ2v) is 8.41. The van der Waals surface area contributed by atoms with Crippen LogP contribution in [0.1, 0.15) is 52.1 Å². The van der Waals surface area contributed by atoms with Gasteiger partial charge in [-0.15, -0.1) is 0 Å². The van der Waals surface area contributed by atoms with Crippen LogP contribution in [0.3, 0.4) is 0 Å². The molecule has 1 heterocycles. The molecule has 1 aromatic carbocycles. The summed E-state index contributed by atoms with van der Waals surface area (Å²) in [5.41, 5.74) is -0.262. The highest BCUT2D eigenvalue weighted by molar-refractivity contribution is 6.31. The summed E-state index contributed by atoms with van der Waals surface area (Å²) in [7, 11) is 0. The van der Waals surface area contributed by atoms with E-state index in [2.05, 4.69) is 15.5 Å². The first kappa shape index (κ1) is 22.4. The molecule has 0 bridgehead atoms. The van der Waals surface area contributed by atoms with E-state index in [1.54, 1.807) is 39.8 Å². The van der Waals surface area contributed by atoms with Crippen molar-refractivity contribution in [3.63, 3.8) is 0 Å². The third-order valence-electron chi connectivity index (χ3n) is 4.51. The molecule has 0 radical (unpaired) electrons. The van der Waals surface area contributed by atoms with E-state index >= 15 is 0 Å². The highest BCUT2D eigenvalue weighted by Crippen LogP contribution is 2.31. The molecule has 1 aliphatic rings. The van der Waals surface area contributed by atoms with Crippen molar-refractivity contribution in [2.45, 2.75) is 58.2 Å². The lowest BCUT2D eigenvalue weighted by atomic mass is 10.0. The number of amides is 2. The molecule has 0 aliphatic carbocycles. The Bertz CT molecular complexity index is 682. The molecule has 156 valence electrons. The standard InChI is InChI=1S/C20H29ClFN3O3/c1-13(24-19(27)28-20(2,3)4)18(26)23-12-16(25-10-5-6-11-25)17-14(21)8-7-9-15(17)22/h7-9,13,16H,5-6,10-12H2,1-4H3,(H,23,26)(H,24,27)/t13-,16?/m1/s1. The molecule has 2 amide bonds. The number of likely N-dealkylation sites (tertiary alicyclic amines) is 1. The monoisotopic (exact) mass is 413 g/mol. The van der Waals surface area contributed by atoms with Crippen molar-refractivity contribution in [2.24, 2.45) is 0 Å². The lowest BCUT2D eigenvalue weighted by molar-refractivity contribution is -0.123. The first-order valence-corrected chi connectivity index (χ1v) is 9.91. The molecule has 2 N–H and O–H groups in total. The van der Waals surface area contributed by atoms with E-state index in [1.165, 1.54) is 6.07 Å². The van der Waals surface area contributed by atoms with Crippen LogP contribution in [0, 0.1) is 5.82 Å². The van der Waals surface area contributed by atoms with Crippen LogP contribution in [-0.4, -0.2) is 48.2 Å². The number of ether oxygens (including phenoxy) is 1. The van der Waals surface area contributed by atoms with Gasteiger partial charge in [0.15, 0.2) is 0 Å². The Balaban J connectivity index is 2.03. The van der Waals surface area contributed by atoms with E-state index in [9.17, 15) is 14.0 Å². The van der Waals surface area contributed by atoms with Gasteiger partial charge in [-0.2, -0.15) is 0 Å². The van der Waals surface area contributed by atoms with Gasteiger partial charge in [0.1, 0.15) is 17.5 Å². The molecule has 2 rings (SSSR count). The Morgan fingerprint density at radius 2 is 1.93 bits per heavy atom. The van der Waals surface area contributed by atoms with Crippen molar-refractivity contribution < 1.29 is 18.7 Å². The van der Waals surface area contributed by atoms with Crippen LogP contribution in [0.5, 0.6) is 0 Å². The number of halogens is 2. The predicted molar refractivity (Wildman–Crippen MR) is 107 cm³/mol. The zero-order valence-corrected chi connectivity index (χ0v) is 17.6. The maximum absolute atomic E-state index is 14.5. The van der Waals surface area contributed by atoms with E-state index < -0.39 is 23.6 Å². The van der Waals surface area contributed by atoms with Gasteiger partial charge in [-0.25, -0.2) is 9.18 Å². The molecule has 6 nitrogen and oxygen atoms in total. The summed E-state index contributed by atoms with van der Waals surface area (Å²) in [6.45, 7) is 8.64. The topological polar surface area (TPSA) is 70.7 Å². The maximum atomic E-state index is 14.5. The second-order valence-electron chi connectivity index (χ2n) is 8.01. The summed E-state index contributed by atoms with van der Waals surface area (Å²) >= 11 is 6.26. The van der Waals surface area contributed by atoms with Gasteiger partial charge < -0.3 is 15.4 Å². The first-order chi connectivity index (χ1) is 13.1. The van der Waals surface area contributed by atoms with Crippen LogP contribution in [0.25, 0.3) is 0 Å². The van der Waals surface area contributed by atoms with Gasteiger partial charge in [0.2, 0.25) is 5.91 Å². The van der Waals surface area contributed by atoms with Gasteiger partial charge in [-0.1, -0.05) is 17.7 Å². The van der Waals surface area contributed by atoms with Gasteiger partial charge in [-0.3, -0.25) is 9.69 Å². The molecule has 8 heteroatoms. The summed E-state index contributed by atoms with van der Waals surface area (Å²) < 4.78 is 19.6. The minimum atomic E-state index is -0.787. The highest BCUT2D eigenvalue weighted by atomic mass is 35.5. The van der Waals surface area contributed by atoms with Crippen LogP contribution < -0.4 is 10.6 Å². The van der Waals surface area contributed by atoms with Gasteiger partial charge in [0.05, 0.1) is 6.04 Å². The molecular formula is C20H29ClFN3O3. The number of nitrogens with zero attached hydrogens (tertiary/aromatic N) is 1. The summed E-state index contributed by atoms with van der Waals surface area (Å²) in [5.74, 6) is -0.763. The van der Waals surface area contributed by atoms with Crippen molar-refractivity contribution in [3.8, 4) is 0 Å². The van der Waals surface area contributed by atoms with E-state index in [-0.39, 0.29) is 18.5 Å². The zero-order chi connectivity index (χ0) is 20.9. The predicted octanol–water partition coefficient (Wildman–Crippen LogP) is 3.65. The SMILES string of the molecule is C[C@@H](NC(=O)OC(C)(C)C)C(=O)NCC(c1c(F)cccc1Cl)N1CCCC1. The van der Waals surface area contributed by atoms with Gasteiger partial charge in [0, 0.05) is 17.1 Å². The quantitative estimate of drug-likeness (QED) is 0.746. The van der Waals surface area contributed by atoms with Crippen molar-refractivity contribution in [3.05, 3.63) is 34.6 Å². The van der Waals surface area contributed by atoms with Crippen molar-refractivity contribution in [1.82, 2.24) is 15.5 Å². The van der Waals surface area contributed by atoms with Gasteiger partial charge >= 0.3 is 6.09 Å². The molecular weight excluding hydrogens is 385 g/mol. The fourth-order valence-corrected chi connectivity index (χ4v) is 3.49. The third-order valence-corrected chi connectivity index (χ3v) is 4.84. The lowest BCUT2D eigenvalue weighted by Crippen LogP contribution is -2.48. The zero-order valence-electron chi connectivity index (χ0n) is 16.9. The van der Waals surface area contributed by atoms with Crippen LogP contribution in [0.4, 0.5) is 9.18 Å². The largest absolute Gasteiger partial charge is 0.444 e. The molecule has 0 spiro atoms. The van der Waals surface area contributed by atoms with E-state index in [0.29, 0.717) is 10.6 Å². The molecule has 1 aromatic rings. The Morgan fingerprint density at radius 1 is 1.29 bits per heavy atom. The minimum Gasteiger partial charge on any atom is -0.444 e. The maximum Gasteiger partial charge on any atom is 0.408 e. The summed E-state index contributed by atoms with van der Waals surface area (Å²) in [6, 6.07) is 3.43. The molecule has 1 unspecified atom stereocenters. The smallest absolute Gasteiger partial charge is 0.408 e. The number of nitrogens with one attached hydrogen (secondary N) is 2. The Morgan fingerprint density at radius 3 is 2.50 bits per heavy atom. The summed E-state index contributed by atoms with van der Waals surface area (Å²) in [4.78, 5) is 26.4. The second kappa shape index (κ2) is 9.56. The molecule has 1 fully saturated rings. The van der Waals surface area contributed by atoms with E-state index in [0.717, 1.165) is 25.9 Å². The number of alkyl carbamates (subject to hydrolysis) is 1. The highest BCUT2D eigenvalue weighted by Gasteiger charge is 2.29. The van der Waals surface area contributed by atoms with Crippen molar-refractivity contribution in [1.29, 1.82) is 0 Å². The van der Waals surface area contributed by atoms with Crippen molar-refractivity contribution >= 4 is 23.6 Å². The molecule has 1 aliphatic heterocycles. The Kier molecular flexibility index (Phi) is 7.66. The molecule has 0 saturated carbocycles. The van der Waals surface area contributed by atoms with Crippen LogP contribution in [0.2, 0.25) is 5.02 Å². The number of hydrogen-bond donors (Lipinski definition) is 2. The lowest BCUT2D eigenvalue weighted by Gasteiger charge is -2.29. The molecule has 2 atom stereocenters. The number of rotatable bonds is 6. The number of benzene rings is 1. The molecule has 0 aromatic heterocycles. The fourth-order valence-electron chi connectivity index (χ4n) is 3.20. The molecule has 28 heavy (non-hydrogen) atoms. The summed E-state index contributed by atoms with van der Waals surface area (Å²) in [6.07, 6.45) is 1.38. The van der Waals surface area contributed by atoms with Crippen LogP contribution >= 0.6 is 11.6 Å². The van der Waals surface area contributed by atoms with Crippen molar-refractivity contribution in [2.75, 3.05) is 19.6 Å². The average Bonchev–Trinajstić information content (AvgIpc) is 3.09.